The number of sulfone groups is 1. The summed E-state index contributed by atoms with van der Waals surface area (Å²) in [7, 11) is -7.27. The standard InChI is InChI=1S/C23H29N2O5PS/c1-32(27,28)23(25)13-12-21(24)22(16-23)31(26,30-18-20-10-6-3-7-11-20)15-14-29-17-19-8-4-2-5-9-19/h2-12,16H,13-15,17-18,24-25H2,1H3. The molecule has 2 unspecified atom stereocenters. The van der Waals surface area contributed by atoms with Gasteiger partial charge >= 0.3 is 0 Å². The molecule has 32 heavy (non-hydrogen) atoms. The third-order valence-corrected chi connectivity index (χ3v) is 9.40. The van der Waals surface area contributed by atoms with Crippen LogP contribution in [0.4, 0.5) is 0 Å². The molecule has 0 aliphatic heterocycles. The molecule has 2 atom stereocenters. The van der Waals surface area contributed by atoms with Gasteiger partial charge in [-0.3, -0.25) is 4.57 Å². The Kier molecular flexibility index (Phi) is 7.75. The van der Waals surface area contributed by atoms with Crippen molar-refractivity contribution in [1.29, 1.82) is 0 Å². The Morgan fingerprint density at radius 2 is 1.56 bits per heavy atom. The summed E-state index contributed by atoms with van der Waals surface area (Å²) in [6.45, 7) is 0.577. The number of benzene rings is 2. The highest BCUT2D eigenvalue weighted by molar-refractivity contribution is 7.92. The maximum atomic E-state index is 14.0. The molecule has 0 saturated heterocycles. The predicted octanol–water partition coefficient (Wildman–Crippen LogP) is 3.53. The van der Waals surface area contributed by atoms with Crippen LogP contribution in [0.15, 0.2) is 83.8 Å². The Hall–Kier alpha value is -2.22. The first-order valence-corrected chi connectivity index (χ1v) is 13.9. The lowest BCUT2D eigenvalue weighted by atomic mass is 10.1. The van der Waals surface area contributed by atoms with Gasteiger partial charge in [0.2, 0.25) is 7.37 Å². The molecular formula is C23H29N2O5PS. The van der Waals surface area contributed by atoms with Crippen LogP contribution in [0.2, 0.25) is 0 Å². The summed E-state index contributed by atoms with van der Waals surface area (Å²) in [5, 5.41) is 0.135. The van der Waals surface area contributed by atoms with E-state index in [9.17, 15) is 13.0 Å². The van der Waals surface area contributed by atoms with Crippen LogP contribution in [0.25, 0.3) is 0 Å². The van der Waals surface area contributed by atoms with Gasteiger partial charge in [0, 0.05) is 18.4 Å². The molecule has 9 heteroatoms. The van der Waals surface area contributed by atoms with E-state index in [1.165, 1.54) is 12.2 Å². The monoisotopic (exact) mass is 476 g/mol. The minimum atomic E-state index is -3.68. The summed E-state index contributed by atoms with van der Waals surface area (Å²) in [5.41, 5.74) is 14.3. The van der Waals surface area contributed by atoms with E-state index in [0.29, 0.717) is 6.61 Å². The number of hydrogen-bond donors (Lipinski definition) is 2. The fourth-order valence-electron chi connectivity index (χ4n) is 3.26. The van der Waals surface area contributed by atoms with Crippen molar-refractivity contribution in [3.63, 3.8) is 0 Å². The SMILES string of the molecule is CS(=O)(=O)C1(N)C=C(P(=O)(CCOCc2ccccc2)OCc2ccccc2)C(N)=CC1. The van der Waals surface area contributed by atoms with Crippen LogP contribution in [0.5, 0.6) is 0 Å². The lowest BCUT2D eigenvalue weighted by Crippen LogP contribution is -2.46. The second-order valence-corrected chi connectivity index (χ2v) is 12.7. The summed E-state index contributed by atoms with van der Waals surface area (Å²) in [6.07, 6.45) is 3.88. The van der Waals surface area contributed by atoms with Crippen LogP contribution < -0.4 is 11.5 Å². The Labute approximate surface area is 189 Å². The molecule has 0 heterocycles. The Bertz CT molecular complexity index is 1130. The van der Waals surface area contributed by atoms with Crippen molar-refractivity contribution < 1.29 is 22.2 Å². The van der Waals surface area contributed by atoms with E-state index in [0.717, 1.165) is 17.4 Å². The van der Waals surface area contributed by atoms with Crippen molar-refractivity contribution in [3.8, 4) is 0 Å². The van der Waals surface area contributed by atoms with Gasteiger partial charge in [0.15, 0.2) is 9.84 Å². The topological polar surface area (TPSA) is 122 Å². The van der Waals surface area contributed by atoms with E-state index in [1.807, 2.05) is 60.7 Å². The van der Waals surface area contributed by atoms with Gasteiger partial charge in [0.1, 0.15) is 4.87 Å². The quantitative estimate of drug-likeness (QED) is 0.397. The highest BCUT2D eigenvalue weighted by Gasteiger charge is 2.41. The fourth-order valence-corrected chi connectivity index (χ4v) is 6.21. The highest BCUT2D eigenvalue weighted by atomic mass is 32.2. The van der Waals surface area contributed by atoms with Crippen LogP contribution in [-0.2, 0) is 36.9 Å². The van der Waals surface area contributed by atoms with E-state index < -0.39 is 22.1 Å². The third kappa shape index (κ3) is 5.97. The van der Waals surface area contributed by atoms with Crippen molar-refractivity contribution in [1.82, 2.24) is 0 Å². The molecule has 1 aliphatic carbocycles. The first-order valence-electron chi connectivity index (χ1n) is 10.2. The lowest BCUT2D eigenvalue weighted by Gasteiger charge is -2.31. The van der Waals surface area contributed by atoms with E-state index in [-0.39, 0.29) is 36.8 Å². The smallest absolute Gasteiger partial charge is 0.236 e. The molecule has 0 aromatic heterocycles. The zero-order valence-corrected chi connectivity index (χ0v) is 19.7. The minimum Gasteiger partial charge on any atom is -0.398 e. The summed E-state index contributed by atoms with van der Waals surface area (Å²) in [5.74, 6) is 0. The number of rotatable bonds is 10. The molecule has 0 fully saturated rings. The average molecular weight is 477 g/mol. The minimum absolute atomic E-state index is 0.00432. The molecule has 172 valence electrons. The van der Waals surface area contributed by atoms with Crippen molar-refractivity contribution in [2.75, 3.05) is 19.0 Å². The van der Waals surface area contributed by atoms with Gasteiger partial charge in [-0.15, -0.1) is 0 Å². The molecule has 0 bridgehead atoms. The van der Waals surface area contributed by atoms with Gasteiger partial charge in [0.25, 0.3) is 0 Å². The molecule has 7 nitrogen and oxygen atoms in total. The molecule has 3 rings (SSSR count). The number of allylic oxidation sites excluding steroid dienone is 1. The lowest BCUT2D eigenvalue weighted by molar-refractivity contribution is 0.133. The van der Waals surface area contributed by atoms with Gasteiger partial charge in [-0.25, -0.2) is 8.42 Å². The first kappa shape index (κ1) is 24.4. The van der Waals surface area contributed by atoms with Crippen molar-refractivity contribution >= 4 is 17.2 Å². The van der Waals surface area contributed by atoms with Crippen molar-refractivity contribution in [2.24, 2.45) is 11.5 Å². The van der Waals surface area contributed by atoms with Gasteiger partial charge in [-0.2, -0.15) is 0 Å². The molecule has 0 radical (unpaired) electrons. The Morgan fingerprint density at radius 3 is 2.12 bits per heavy atom. The molecule has 2 aromatic rings. The molecule has 2 aromatic carbocycles. The summed E-state index contributed by atoms with van der Waals surface area (Å²) in [6, 6.07) is 18.9. The summed E-state index contributed by atoms with van der Waals surface area (Å²) < 4.78 is 50.3. The largest absolute Gasteiger partial charge is 0.398 e. The average Bonchev–Trinajstić information content (AvgIpc) is 2.78. The van der Waals surface area contributed by atoms with Gasteiger partial charge in [-0.1, -0.05) is 66.7 Å². The van der Waals surface area contributed by atoms with E-state index in [2.05, 4.69) is 0 Å². The predicted molar refractivity (Wildman–Crippen MR) is 127 cm³/mol. The second-order valence-electron chi connectivity index (χ2n) is 7.81. The highest BCUT2D eigenvalue weighted by Crippen LogP contribution is 2.59. The van der Waals surface area contributed by atoms with E-state index >= 15 is 0 Å². The number of nitrogens with two attached hydrogens (primary N) is 2. The molecular weight excluding hydrogens is 447 g/mol. The maximum absolute atomic E-state index is 14.0. The fraction of sp³-hybridized carbons (Fsp3) is 0.304. The van der Waals surface area contributed by atoms with Crippen LogP contribution in [0, 0.1) is 0 Å². The van der Waals surface area contributed by atoms with Crippen LogP contribution in [0.3, 0.4) is 0 Å². The zero-order chi connectivity index (χ0) is 23.2. The number of hydrogen-bond acceptors (Lipinski definition) is 7. The first-order chi connectivity index (χ1) is 15.1. The second kappa shape index (κ2) is 10.1. The Balaban J connectivity index is 1.83. The van der Waals surface area contributed by atoms with Crippen LogP contribution in [-0.4, -0.2) is 32.3 Å². The molecule has 4 N–H and O–H groups in total. The normalized spacial score (nSPS) is 20.8. The number of ether oxygens (including phenoxy) is 1. The van der Waals surface area contributed by atoms with E-state index in [1.54, 1.807) is 0 Å². The van der Waals surface area contributed by atoms with Crippen molar-refractivity contribution in [3.05, 3.63) is 95.0 Å². The van der Waals surface area contributed by atoms with Crippen molar-refractivity contribution in [2.45, 2.75) is 24.5 Å². The summed E-state index contributed by atoms with van der Waals surface area (Å²) in [4.78, 5) is -1.69. The molecule has 0 amide bonds. The van der Waals surface area contributed by atoms with Gasteiger partial charge in [-0.05, 0) is 17.2 Å². The third-order valence-electron chi connectivity index (χ3n) is 5.30. The Morgan fingerprint density at radius 1 is 1.00 bits per heavy atom. The molecule has 1 aliphatic rings. The van der Waals surface area contributed by atoms with Crippen LogP contribution >= 0.6 is 7.37 Å². The van der Waals surface area contributed by atoms with E-state index in [4.69, 9.17) is 20.7 Å². The zero-order valence-electron chi connectivity index (χ0n) is 18.0. The maximum Gasteiger partial charge on any atom is 0.236 e. The van der Waals surface area contributed by atoms with Gasteiger partial charge < -0.3 is 20.7 Å². The van der Waals surface area contributed by atoms with Crippen LogP contribution in [0.1, 0.15) is 17.5 Å². The summed E-state index contributed by atoms with van der Waals surface area (Å²) >= 11 is 0. The molecule has 0 saturated carbocycles. The molecule has 0 spiro atoms. The van der Waals surface area contributed by atoms with Gasteiger partial charge in [0.05, 0.1) is 31.3 Å².